The fourth-order valence-corrected chi connectivity index (χ4v) is 1.96. The first-order valence-corrected chi connectivity index (χ1v) is 7.09. The zero-order chi connectivity index (χ0) is 16.7. The third-order valence-corrected chi connectivity index (χ3v) is 3.05. The van der Waals surface area contributed by atoms with Gasteiger partial charge in [-0.05, 0) is 36.8 Å². The third kappa shape index (κ3) is 4.62. The van der Waals surface area contributed by atoms with Crippen LogP contribution in [0.2, 0.25) is 0 Å². The lowest BCUT2D eigenvalue weighted by atomic mass is 10.1. The molecule has 0 atom stereocenters. The number of carbonyl (C=O) groups excluding carboxylic acids is 1. The molecule has 6 heteroatoms. The molecule has 0 saturated heterocycles. The van der Waals surface area contributed by atoms with Crippen molar-refractivity contribution in [1.82, 2.24) is 5.48 Å². The second kappa shape index (κ2) is 8.05. The van der Waals surface area contributed by atoms with Gasteiger partial charge in [0.05, 0.1) is 12.7 Å². The summed E-state index contributed by atoms with van der Waals surface area (Å²) in [6, 6.07) is 12.5. The molecule has 0 aliphatic rings. The van der Waals surface area contributed by atoms with Gasteiger partial charge in [0.25, 0.3) is 5.91 Å². The Bertz CT molecular complexity index is 658. The number of nitrogens with one attached hydrogen (secondary N) is 1. The van der Waals surface area contributed by atoms with Gasteiger partial charge in [-0.15, -0.1) is 0 Å². The van der Waals surface area contributed by atoms with Crippen molar-refractivity contribution in [2.24, 2.45) is 0 Å². The summed E-state index contributed by atoms with van der Waals surface area (Å²) in [5.41, 5.74) is 3.15. The number of benzene rings is 2. The van der Waals surface area contributed by atoms with E-state index in [0.29, 0.717) is 0 Å². The van der Waals surface area contributed by atoms with Gasteiger partial charge in [0.15, 0.2) is 11.5 Å². The second-order valence-electron chi connectivity index (χ2n) is 4.80. The average Bonchev–Trinajstić information content (AvgIpc) is 2.57. The number of rotatable bonds is 7. The van der Waals surface area contributed by atoms with Crippen molar-refractivity contribution in [2.45, 2.75) is 6.92 Å². The van der Waals surface area contributed by atoms with Gasteiger partial charge in [0, 0.05) is 0 Å². The minimum absolute atomic E-state index is 0.0887. The molecule has 0 aliphatic carbocycles. The molecule has 2 aromatic carbocycles. The summed E-state index contributed by atoms with van der Waals surface area (Å²) in [4.78, 5) is 17.1. The van der Waals surface area contributed by atoms with Crippen LogP contribution in [0.3, 0.4) is 0 Å². The number of para-hydroxylation sites is 1. The van der Waals surface area contributed by atoms with Crippen LogP contribution in [0, 0.1) is 6.92 Å². The third-order valence-electron chi connectivity index (χ3n) is 3.05. The number of phenolic OH excluding ortho intramolecular Hbond substituents is 1. The molecule has 6 nitrogen and oxygen atoms in total. The van der Waals surface area contributed by atoms with Gasteiger partial charge in [0.2, 0.25) is 0 Å². The molecule has 0 bridgehead atoms. The zero-order valence-electron chi connectivity index (χ0n) is 13.0. The largest absolute Gasteiger partial charge is 0.504 e. The minimum Gasteiger partial charge on any atom is -0.504 e. The number of hydrogen-bond donors (Lipinski definition) is 2. The molecule has 0 aromatic heterocycles. The Labute approximate surface area is 134 Å². The topological polar surface area (TPSA) is 77.0 Å². The predicted octanol–water partition coefficient (Wildman–Crippen LogP) is 2.45. The van der Waals surface area contributed by atoms with E-state index in [0.717, 1.165) is 11.3 Å². The van der Waals surface area contributed by atoms with Gasteiger partial charge in [-0.3, -0.25) is 9.63 Å². The van der Waals surface area contributed by atoms with E-state index in [2.05, 4.69) is 5.48 Å². The molecule has 2 aromatic rings. The summed E-state index contributed by atoms with van der Waals surface area (Å²) in [6.45, 7) is 2.26. The molecule has 23 heavy (non-hydrogen) atoms. The Balaban J connectivity index is 1.82. The summed E-state index contributed by atoms with van der Waals surface area (Å²) in [5.74, 6) is 0.190. The smallest absolute Gasteiger partial charge is 0.278 e. The van der Waals surface area contributed by atoms with Crippen molar-refractivity contribution in [1.29, 1.82) is 0 Å². The molecule has 0 unspecified atom stereocenters. The molecule has 0 radical (unpaired) electrons. The maximum absolute atomic E-state index is 12.0. The van der Waals surface area contributed by atoms with Crippen LogP contribution in [-0.2, 0) is 4.84 Å². The number of methoxy groups -OCH3 is 1. The number of phenols is 1. The monoisotopic (exact) mass is 317 g/mol. The van der Waals surface area contributed by atoms with Crippen molar-refractivity contribution >= 4 is 5.91 Å². The maximum Gasteiger partial charge on any atom is 0.278 e. The van der Waals surface area contributed by atoms with Crippen LogP contribution in [-0.4, -0.2) is 31.3 Å². The predicted molar refractivity (Wildman–Crippen MR) is 84.8 cm³/mol. The molecular weight excluding hydrogens is 298 g/mol. The number of carbonyl (C=O) groups is 1. The van der Waals surface area contributed by atoms with Crippen LogP contribution >= 0.6 is 0 Å². The van der Waals surface area contributed by atoms with Crippen molar-refractivity contribution < 1.29 is 24.2 Å². The fourth-order valence-electron chi connectivity index (χ4n) is 1.96. The summed E-state index contributed by atoms with van der Waals surface area (Å²) < 4.78 is 10.4. The van der Waals surface area contributed by atoms with Crippen LogP contribution in [0.25, 0.3) is 0 Å². The van der Waals surface area contributed by atoms with Crippen molar-refractivity contribution in [3.05, 3.63) is 53.6 Å². The molecule has 0 saturated carbocycles. The van der Waals surface area contributed by atoms with E-state index in [1.807, 2.05) is 30.3 Å². The highest BCUT2D eigenvalue weighted by molar-refractivity contribution is 5.97. The van der Waals surface area contributed by atoms with E-state index in [1.165, 1.54) is 7.11 Å². The Morgan fingerprint density at radius 2 is 1.91 bits per heavy atom. The molecule has 0 fully saturated rings. The Morgan fingerprint density at radius 3 is 2.61 bits per heavy atom. The first-order valence-electron chi connectivity index (χ1n) is 7.09. The van der Waals surface area contributed by atoms with E-state index in [1.54, 1.807) is 19.1 Å². The van der Waals surface area contributed by atoms with E-state index in [9.17, 15) is 9.90 Å². The number of hydroxylamine groups is 1. The molecule has 0 heterocycles. The lowest BCUT2D eigenvalue weighted by Gasteiger charge is -2.11. The average molecular weight is 317 g/mol. The molecule has 122 valence electrons. The molecule has 2 N–H and O–H groups in total. The summed E-state index contributed by atoms with van der Waals surface area (Å²) in [6.07, 6.45) is 0. The highest BCUT2D eigenvalue weighted by atomic mass is 16.7. The summed E-state index contributed by atoms with van der Waals surface area (Å²) in [5, 5.41) is 9.97. The number of aromatic hydroxyl groups is 1. The van der Waals surface area contributed by atoms with Crippen molar-refractivity contribution in [2.75, 3.05) is 20.3 Å². The summed E-state index contributed by atoms with van der Waals surface area (Å²) >= 11 is 0. The highest BCUT2D eigenvalue weighted by Gasteiger charge is 2.16. The number of amides is 1. The van der Waals surface area contributed by atoms with Crippen LogP contribution in [0.5, 0.6) is 17.2 Å². The zero-order valence-corrected chi connectivity index (χ0v) is 13.0. The lowest BCUT2D eigenvalue weighted by Crippen LogP contribution is -2.26. The highest BCUT2D eigenvalue weighted by Crippen LogP contribution is 2.31. The van der Waals surface area contributed by atoms with E-state index in [-0.39, 0.29) is 30.3 Å². The van der Waals surface area contributed by atoms with E-state index < -0.39 is 5.91 Å². The van der Waals surface area contributed by atoms with Crippen molar-refractivity contribution in [3.8, 4) is 17.2 Å². The molecule has 0 aliphatic heterocycles. The number of aryl methyl sites for hydroxylation is 1. The first-order chi connectivity index (χ1) is 11.1. The quantitative estimate of drug-likeness (QED) is 0.606. The van der Waals surface area contributed by atoms with Gasteiger partial charge < -0.3 is 14.6 Å². The fraction of sp³-hybridized carbons (Fsp3) is 0.235. The molecule has 2 rings (SSSR count). The van der Waals surface area contributed by atoms with Gasteiger partial charge >= 0.3 is 0 Å². The Hall–Kier alpha value is -2.73. The summed E-state index contributed by atoms with van der Waals surface area (Å²) in [7, 11) is 1.42. The van der Waals surface area contributed by atoms with Gasteiger partial charge in [-0.1, -0.05) is 18.2 Å². The van der Waals surface area contributed by atoms with Crippen LogP contribution in [0.1, 0.15) is 15.9 Å². The van der Waals surface area contributed by atoms with Gasteiger partial charge in [0.1, 0.15) is 19.0 Å². The second-order valence-corrected chi connectivity index (χ2v) is 4.80. The normalized spacial score (nSPS) is 10.2. The SMILES string of the molecule is COc1cc(C)cc(C(=O)NOCCOc2ccccc2)c1O. The van der Waals surface area contributed by atoms with Gasteiger partial charge in [-0.25, -0.2) is 5.48 Å². The standard InChI is InChI=1S/C17H19NO5/c1-12-10-14(16(19)15(11-12)21-2)17(20)18-23-9-8-22-13-6-4-3-5-7-13/h3-7,10-11,19H,8-9H2,1-2H3,(H,18,20). The number of hydrogen-bond acceptors (Lipinski definition) is 5. The molecular formula is C17H19NO5. The van der Waals surface area contributed by atoms with Crippen LogP contribution in [0.15, 0.2) is 42.5 Å². The molecule has 0 spiro atoms. The Kier molecular flexibility index (Phi) is 5.82. The first kappa shape index (κ1) is 16.6. The number of ether oxygens (including phenoxy) is 2. The Morgan fingerprint density at radius 1 is 1.17 bits per heavy atom. The minimum atomic E-state index is -0.552. The van der Waals surface area contributed by atoms with Crippen molar-refractivity contribution in [3.63, 3.8) is 0 Å². The van der Waals surface area contributed by atoms with E-state index >= 15 is 0 Å². The van der Waals surface area contributed by atoms with Gasteiger partial charge in [-0.2, -0.15) is 0 Å². The van der Waals surface area contributed by atoms with Crippen LogP contribution in [0.4, 0.5) is 0 Å². The van der Waals surface area contributed by atoms with Crippen LogP contribution < -0.4 is 15.0 Å². The maximum atomic E-state index is 12.0. The lowest BCUT2D eigenvalue weighted by molar-refractivity contribution is 0.0198. The van der Waals surface area contributed by atoms with E-state index in [4.69, 9.17) is 14.3 Å². The molecule has 1 amide bonds.